The minimum Gasteiger partial charge on any atom is -0.302 e. The largest absolute Gasteiger partial charge is 0.302 e. The normalized spacial score (nSPS) is 9.18. The van der Waals surface area contributed by atoms with Crippen LogP contribution in [0.25, 0.3) is 11.1 Å². The van der Waals surface area contributed by atoms with Crippen molar-refractivity contribution in [3.63, 3.8) is 0 Å². The Bertz CT molecular complexity index is 559. The van der Waals surface area contributed by atoms with Crippen LogP contribution in [-0.4, -0.2) is 6.29 Å². The summed E-state index contributed by atoms with van der Waals surface area (Å²) in [6, 6.07) is 18.1. The van der Waals surface area contributed by atoms with E-state index < -0.39 is 0 Å². The van der Waals surface area contributed by atoms with Crippen molar-refractivity contribution in [2.75, 3.05) is 0 Å². The summed E-state index contributed by atoms with van der Waals surface area (Å²) in [5.74, 6) is 5.87. The summed E-state index contributed by atoms with van der Waals surface area (Å²) in [5.41, 5.74) is 3.20. The Morgan fingerprint density at radius 2 is 1.65 bits per heavy atom. The van der Waals surface area contributed by atoms with Crippen LogP contribution >= 0.6 is 0 Å². The molecule has 0 spiro atoms. The van der Waals surface area contributed by atoms with Gasteiger partial charge < -0.3 is 4.79 Å². The van der Waals surface area contributed by atoms with Crippen molar-refractivity contribution in [1.29, 1.82) is 0 Å². The fourth-order valence-corrected chi connectivity index (χ4v) is 1.65. The third-order valence-corrected chi connectivity index (χ3v) is 2.42. The molecule has 1 heteroatoms. The van der Waals surface area contributed by atoms with Crippen LogP contribution in [0.5, 0.6) is 0 Å². The Morgan fingerprint density at radius 1 is 0.941 bits per heavy atom. The lowest BCUT2D eigenvalue weighted by Crippen LogP contribution is -1.83. The molecule has 0 bridgehead atoms. The number of hydrogen-bond acceptors (Lipinski definition) is 1. The highest BCUT2D eigenvalue weighted by Crippen LogP contribution is 2.22. The van der Waals surface area contributed by atoms with E-state index in [0.29, 0.717) is 0 Å². The van der Waals surface area contributed by atoms with Crippen molar-refractivity contribution in [3.05, 3.63) is 60.2 Å². The molecule has 0 aliphatic heterocycles. The van der Waals surface area contributed by atoms with Crippen molar-refractivity contribution < 1.29 is 4.79 Å². The maximum absolute atomic E-state index is 10.2. The Balaban J connectivity index is 2.42. The van der Waals surface area contributed by atoms with Crippen molar-refractivity contribution in [2.45, 2.75) is 6.42 Å². The van der Waals surface area contributed by atoms with Crippen LogP contribution in [0.1, 0.15) is 12.0 Å². The van der Waals surface area contributed by atoms with E-state index in [4.69, 9.17) is 0 Å². The maximum Gasteiger partial charge on any atom is 0.131 e. The van der Waals surface area contributed by atoms with Crippen LogP contribution in [-0.2, 0) is 4.79 Å². The molecule has 0 fully saturated rings. The quantitative estimate of drug-likeness (QED) is 0.560. The number of carbonyl (C=O) groups excluding carboxylic acids is 1. The molecule has 17 heavy (non-hydrogen) atoms. The van der Waals surface area contributed by atoms with Crippen molar-refractivity contribution in [2.24, 2.45) is 0 Å². The van der Waals surface area contributed by atoms with Gasteiger partial charge in [0, 0.05) is 5.56 Å². The summed E-state index contributed by atoms with van der Waals surface area (Å²) in [4.78, 5) is 10.2. The first-order valence-electron chi connectivity index (χ1n) is 5.49. The lowest BCUT2D eigenvalue weighted by atomic mass is 10.00. The highest BCUT2D eigenvalue weighted by molar-refractivity contribution is 5.71. The zero-order valence-corrected chi connectivity index (χ0v) is 9.39. The first-order valence-corrected chi connectivity index (χ1v) is 5.49. The number of rotatable bonds is 2. The minimum absolute atomic E-state index is 0.281. The van der Waals surface area contributed by atoms with Gasteiger partial charge in [0.05, 0.1) is 6.42 Å². The van der Waals surface area contributed by atoms with E-state index in [2.05, 4.69) is 24.0 Å². The molecule has 0 saturated heterocycles. The smallest absolute Gasteiger partial charge is 0.131 e. The van der Waals surface area contributed by atoms with Gasteiger partial charge >= 0.3 is 0 Å². The van der Waals surface area contributed by atoms with Gasteiger partial charge in [0.2, 0.25) is 0 Å². The summed E-state index contributed by atoms with van der Waals surface area (Å²) in [5, 5.41) is 0. The van der Waals surface area contributed by atoms with E-state index in [1.165, 1.54) is 0 Å². The zero-order chi connectivity index (χ0) is 11.9. The Morgan fingerprint density at radius 3 is 2.41 bits per heavy atom. The Labute approximate surface area is 101 Å². The summed E-state index contributed by atoms with van der Waals surface area (Å²) in [7, 11) is 0. The molecule has 2 rings (SSSR count). The molecule has 82 valence electrons. The standard InChI is InChI=1S/C16H12O/c17-13-7-6-11-15-10-4-5-12-16(15)14-8-2-1-3-9-14/h1-5,8-10,12-13H,7H2. The van der Waals surface area contributed by atoms with Crippen LogP contribution in [0.4, 0.5) is 0 Å². The van der Waals surface area contributed by atoms with Crippen LogP contribution in [0, 0.1) is 11.8 Å². The summed E-state index contributed by atoms with van der Waals surface area (Å²) in [6.07, 6.45) is 1.10. The van der Waals surface area contributed by atoms with Crippen LogP contribution in [0.15, 0.2) is 54.6 Å². The molecule has 0 atom stereocenters. The highest BCUT2D eigenvalue weighted by Gasteiger charge is 2.00. The van der Waals surface area contributed by atoms with Gasteiger partial charge in [0.15, 0.2) is 0 Å². The van der Waals surface area contributed by atoms with E-state index >= 15 is 0 Å². The highest BCUT2D eigenvalue weighted by atomic mass is 16.1. The summed E-state index contributed by atoms with van der Waals surface area (Å²) >= 11 is 0. The maximum atomic E-state index is 10.2. The van der Waals surface area contributed by atoms with E-state index in [-0.39, 0.29) is 6.42 Å². The van der Waals surface area contributed by atoms with Crippen LogP contribution < -0.4 is 0 Å². The Hall–Kier alpha value is -2.33. The second-order valence-electron chi connectivity index (χ2n) is 3.58. The zero-order valence-electron chi connectivity index (χ0n) is 9.39. The fourth-order valence-electron chi connectivity index (χ4n) is 1.65. The van der Waals surface area contributed by atoms with Crippen molar-refractivity contribution >= 4 is 6.29 Å². The van der Waals surface area contributed by atoms with Gasteiger partial charge in [0.25, 0.3) is 0 Å². The lowest BCUT2D eigenvalue weighted by Gasteiger charge is -2.03. The molecule has 2 aromatic carbocycles. The van der Waals surface area contributed by atoms with Crippen molar-refractivity contribution in [3.8, 4) is 23.0 Å². The molecule has 0 amide bonds. The average Bonchev–Trinajstić information content (AvgIpc) is 2.41. The molecule has 0 aromatic heterocycles. The SMILES string of the molecule is O=CCC#Cc1ccccc1-c1ccccc1. The number of hydrogen-bond donors (Lipinski definition) is 0. The van der Waals surface area contributed by atoms with E-state index in [1.807, 2.05) is 42.5 Å². The molecule has 0 N–H and O–H groups in total. The summed E-state index contributed by atoms with van der Waals surface area (Å²) < 4.78 is 0. The van der Waals surface area contributed by atoms with Gasteiger partial charge in [-0.25, -0.2) is 0 Å². The third kappa shape index (κ3) is 2.83. The number of aldehydes is 1. The predicted molar refractivity (Wildman–Crippen MR) is 69.4 cm³/mol. The third-order valence-electron chi connectivity index (χ3n) is 2.42. The molecule has 0 unspecified atom stereocenters. The van der Waals surface area contributed by atoms with Gasteiger partial charge in [-0.2, -0.15) is 0 Å². The van der Waals surface area contributed by atoms with Crippen LogP contribution in [0.3, 0.4) is 0 Å². The van der Waals surface area contributed by atoms with Gasteiger partial charge in [-0.15, -0.1) is 0 Å². The van der Waals surface area contributed by atoms with E-state index in [0.717, 1.165) is 23.0 Å². The topological polar surface area (TPSA) is 17.1 Å². The van der Waals surface area contributed by atoms with Gasteiger partial charge in [-0.3, -0.25) is 0 Å². The monoisotopic (exact) mass is 220 g/mol. The van der Waals surface area contributed by atoms with Gasteiger partial charge in [-0.1, -0.05) is 60.4 Å². The molecule has 0 aliphatic rings. The molecule has 2 aromatic rings. The number of benzene rings is 2. The molecular weight excluding hydrogens is 208 g/mol. The van der Waals surface area contributed by atoms with Crippen LogP contribution in [0.2, 0.25) is 0 Å². The fraction of sp³-hybridized carbons (Fsp3) is 0.0625. The first-order chi connectivity index (χ1) is 8.42. The van der Waals surface area contributed by atoms with Gasteiger partial charge in [-0.05, 0) is 17.2 Å². The predicted octanol–water partition coefficient (Wildman–Crippen LogP) is 3.29. The first kappa shape index (κ1) is 11.2. The second kappa shape index (κ2) is 5.67. The van der Waals surface area contributed by atoms with E-state index in [1.54, 1.807) is 0 Å². The van der Waals surface area contributed by atoms with Gasteiger partial charge in [0.1, 0.15) is 6.29 Å². The number of carbonyl (C=O) groups is 1. The lowest BCUT2D eigenvalue weighted by molar-refractivity contribution is -0.107. The Kier molecular flexibility index (Phi) is 3.72. The molecule has 0 saturated carbocycles. The summed E-state index contributed by atoms with van der Waals surface area (Å²) in [6.45, 7) is 0. The molecule has 0 aliphatic carbocycles. The molecule has 1 nitrogen and oxygen atoms in total. The second-order valence-corrected chi connectivity index (χ2v) is 3.58. The average molecular weight is 220 g/mol. The molecular formula is C16H12O. The molecule has 0 radical (unpaired) electrons. The van der Waals surface area contributed by atoms with Crippen molar-refractivity contribution in [1.82, 2.24) is 0 Å². The minimum atomic E-state index is 0.281. The van der Waals surface area contributed by atoms with E-state index in [9.17, 15) is 4.79 Å². The molecule has 0 heterocycles.